The van der Waals surface area contributed by atoms with Crippen LogP contribution in [0.25, 0.3) is 45.3 Å². The van der Waals surface area contributed by atoms with Gasteiger partial charge in [-0.15, -0.1) is 0 Å². The average Bonchev–Trinajstić information content (AvgIpc) is 3.32. The van der Waals surface area contributed by atoms with Gasteiger partial charge in [0, 0.05) is 16.6 Å². The van der Waals surface area contributed by atoms with Crippen molar-refractivity contribution in [3.63, 3.8) is 0 Å². The van der Waals surface area contributed by atoms with Crippen LogP contribution in [-0.4, -0.2) is 19.9 Å². The van der Waals surface area contributed by atoms with E-state index in [1.54, 1.807) is 0 Å². The molecule has 3 N–H and O–H groups in total. The van der Waals surface area contributed by atoms with E-state index in [1.165, 1.54) is 0 Å². The summed E-state index contributed by atoms with van der Waals surface area (Å²) in [4.78, 5) is 14.9. The Morgan fingerprint density at radius 2 is 1.26 bits per heavy atom. The standard InChI is InChI=1S/C19H14N4/c1-2-13-5-7-16(21-13)18-9-10-19(23-18)17-8-6-15(22-17)11-14-4-3-12(1)20-14/h1-11,20,22-23H. The molecule has 110 valence electrons. The van der Waals surface area contributed by atoms with Crippen LogP contribution in [0.4, 0.5) is 0 Å². The molecule has 5 heterocycles. The molecule has 0 saturated heterocycles. The third-order valence-corrected chi connectivity index (χ3v) is 4.10. The Hall–Kier alpha value is -3.27. The van der Waals surface area contributed by atoms with Crippen LogP contribution in [0.3, 0.4) is 0 Å². The maximum atomic E-state index is 4.66. The van der Waals surface area contributed by atoms with Gasteiger partial charge in [-0.05, 0) is 66.7 Å². The predicted octanol–water partition coefficient (Wildman–Crippen LogP) is 4.70. The summed E-state index contributed by atoms with van der Waals surface area (Å²) in [7, 11) is 0. The van der Waals surface area contributed by atoms with E-state index in [0.29, 0.717) is 0 Å². The van der Waals surface area contributed by atoms with Gasteiger partial charge in [0.05, 0.1) is 27.9 Å². The predicted molar refractivity (Wildman–Crippen MR) is 95.2 cm³/mol. The van der Waals surface area contributed by atoms with Crippen LogP contribution in [0.15, 0.2) is 54.6 Å². The molecule has 0 aliphatic carbocycles. The van der Waals surface area contributed by atoms with Gasteiger partial charge < -0.3 is 15.0 Å². The van der Waals surface area contributed by atoms with E-state index in [0.717, 1.165) is 44.5 Å². The third-order valence-electron chi connectivity index (χ3n) is 4.10. The molecule has 23 heavy (non-hydrogen) atoms. The third kappa shape index (κ3) is 2.12. The molecule has 0 radical (unpaired) electrons. The van der Waals surface area contributed by atoms with Crippen LogP contribution < -0.4 is 0 Å². The first-order valence-electron chi connectivity index (χ1n) is 7.58. The van der Waals surface area contributed by atoms with Crippen molar-refractivity contribution < 1.29 is 0 Å². The number of rotatable bonds is 0. The number of H-pyrrole nitrogens is 3. The molecule has 4 aromatic rings. The largest absolute Gasteiger partial charge is 0.355 e. The summed E-state index contributed by atoms with van der Waals surface area (Å²) in [5, 5.41) is 0. The van der Waals surface area contributed by atoms with Gasteiger partial charge in [-0.1, -0.05) is 0 Å². The van der Waals surface area contributed by atoms with Gasteiger partial charge in [0.2, 0.25) is 0 Å². The molecular formula is C19H14N4. The number of aromatic amines is 3. The summed E-state index contributed by atoms with van der Waals surface area (Å²) < 4.78 is 0. The van der Waals surface area contributed by atoms with Gasteiger partial charge in [0.15, 0.2) is 0 Å². The lowest BCUT2D eigenvalue weighted by atomic mass is 10.3. The second-order valence-electron chi connectivity index (χ2n) is 5.71. The molecule has 5 rings (SSSR count). The molecule has 0 spiro atoms. The second kappa shape index (κ2) is 4.61. The minimum absolute atomic E-state index is 0.952. The quantitative estimate of drug-likeness (QED) is 0.381. The van der Waals surface area contributed by atoms with E-state index >= 15 is 0 Å². The monoisotopic (exact) mass is 298 g/mol. The highest BCUT2D eigenvalue weighted by atomic mass is 14.8. The van der Waals surface area contributed by atoms with Crippen molar-refractivity contribution >= 4 is 45.3 Å². The fraction of sp³-hybridized carbons (Fsp3) is 0. The fourth-order valence-corrected chi connectivity index (χ4v) is 2.93. The zero-order chi connectivity index (χ0) is 15.2. The van der Waals surface area contributed by atoms with Crippen molar-refractivity contribution in [2.45, 2.75) is 0 Å². The highest BCUT2D eigenvalue weighted by Crippen LogP contribution is 2.19. The Morgan fingerprint density at radius 3 is 2.26 bits per heavy atom. The van der Waals surface area contributed by atoms with Gasteiger partial charge >= 0.3 is 0 Å². The summed E-state index contributed by atoms with van der Waals surface area (Å²) in [6.45, 7) is 0. The van der Waals surface area contributed by atoms with Gasteiger partial charge in [0.25, 0.3) is 0 Å². The molecular weight excluding hydrogens is 284 g/mol. The van der Waals surface area contributed by atoms with Crippen molar-refractivity contribution in [1.82, 2.24) is 19.9 Å². The van der Waals surface area contributed by atoms with Crippen LogP contribution in [0.2, 0.25) is 0 Å². The van der Waals surface area contributed by atoms with Crippen molar-refractivity contribution in [3.05, 3.63) is 66.0 Å². The van der Waals surface area contributed by atoms with Crippen LogP contribution in [0, 0.1) is 0 Å². The van der Waals surface area contributed by atoms with E-state index in [9.17, 15) is 0 Å². The minimum atomic E-state index is 0.952. The highest BCUT2D eigenvalue weighted by molar-refractivity contribution is 5.85. The lowest BCUT2D eigenvalue weighted by Gasteiger charge is -1.86. The lowest BCUT2D eigenvalue weighted by molar-refractivity contribution is 1.32. The molecule has 4 heteroatoms. The van der Waals surface area contributed by atoms with E-state index < -0.39 is 0 Å². The summed E-state index contributed by atoms with van der Waals surface area (Å²) in [5.41, 5.74) is 8.24. The van der Waals surface area contributed by atoms with Crippen LogP contribution in [-0.2, 0) is 0 Å². The number of aromatic nitrogens is 4. The van der Waals surface area contributed by atoms with Crippen LogP contribution >= 0.6 is 0 Å². The second-order valence-corrected chi connectivity index (χ2v) is 5.71. The molecule has 0 unspecified atom stereocenters. The van der Waals surface area contributed by atoms with Gasteiger partial charge in [-0.2, -0.15) is 0 Å². The Kier molecular flexibility index (Phi) is 2.46. The molecule has 0 fully saturated rings. The number of nitrogens with one attached hydrogen (secondary N) is 3. The molecule has 0 saturated carbocycles. The normalized spacial score (nSPS) is 12.2. The van der Waals surface area contributed by atoms with Gasteiger partial charge in [0.1, 0.15) is 0 Å². The molecule has 1 aliphatic rings. The van der Waals surface area contributed by atoms with Crippen molar-refractivity contribution in [3.8, 4) is 0 Å². The Balaban J connectivity index is 1.94. The van der Waals surface area contributed by atoms with E-state index in [2.05, 4.69) is 62.4 Å². The topological polar surface area (TPSA) is 60.3 Å². The molecule has 4 nitrogen and oxygen atoms in total. The number of hydrogen-bond donors (Lipinski definition) is 3. The molecule has 8 bridgehead atoms. The zero-order valence-corrected chi connectivity index (χ0v) is 12.3. The molecule has 1 aliphatic heterocycles. The summed E-state index contributed by atoms with van der Waals surface area (Å²) >= 11 is 0. The fourth-order valence-electron chi connectivity index (χ4n) is 2.93. The molecule has 4 aromatic heterocycles. The smallest absolute Gasteiger partial charge is 0.0872 e. The first-order chi connectivity index (χ1) is 11.3. The zero-order valence-electron chi connectivity index (χ0n) is 12.3. The Labute approximate surface area is 131 Å². The van der Waals surface area contributed by atoms with E-state index in [-0.39, 0.29) is 0 Å². The summed E-state index contributed by atoms with van der Waals surface area (Å²) in [6.07, 6.45) is 4.07. The summed E-state index contributed by atoms with van der Waals surface area (Å²) in [6, 6.07) is 18.6. The first-order valence-corrected chi connectivity index (χ1v) is 7.58. The van der Waals surface area contributed by atoms with Crippen LogP contribution in [0.1, 0.15) is 11.4 Å². The van der Waals surface area contributed by atoms with Gasteiger partial charge in [-0.3, -0.25) is 0 Å². The first kappa shape index (κ1) is 12.3. The highest BCUT2D eigenvalue weighted by Gasteiger charge is 2.02. The molecule has 0 amide bonds. The SMILES string of the molecule is C1=Cc2nc1ccc1ccc(cc3ccc([nH]3)c3ccc2[nH]3)[nH]1. The maximum Gasteiger partial charge on any atom is 0.0872 e. The van der Waals surface area contributed by atoms with E-state index in [1.807, 2.05) is 24.3 Å². The van der Waals surface area contributed by atoms with Crippen molar-refractivity contribution in [1.29, 1.82) is 0 Å². The van der Waals surface area contributed by atoms with Crippen LogP contribution in [0.5, 0.6) is 0 Å². The number of hydrogen-bond acceptors (Lipinski definition) is 1. The number of fused-ring (bicyclic) bond motifs is 10. The maximum absolute atomic E-state index is 4.66. The molecule has 0 atom stereocenters. The average molecular weight is 298 g/mol. The van der Waals surface area contributed by atoms with Gasteiger partial charge in [-0.25, -0.2) is 4.98 Å². The van der Waals surface area contributed by atoms with Crippen molar-refractivity contribution in [2.24, 2.45) is 0 Å². The molecule has 0 aromatic carbocycles. The van der Waals surface area contributed by atoms with Crippen molar-refractivity contribution in [2.75, 3.05) is 0 Å². The van der Waals surface area contributed by atoms with E-state index in [4.69, 9.17) is 0 Å². The Bertz CT molecular complexity index is 1170. The summed E-state index contributed by atoms with van der Waals surface area (Å²) in [5.74, 6) is 0. The number of nitrogens with zero attached hydrogens (tertiary/aromatic N) is 1. The Morgan fingerprint density at radius 1 is 0.565 bits per heavy atom. The lowest BCUT2D eigenvalue weighted by Crippen LogP contribution is -1.75. The minimum Gasteiger partial charge on any atom is -0.355 e.